The number of rotatable bonds is 6. The number of carbonyl (C=O) groups excluding carboxylic acids is 3. The SMILES string of the molecule is O=C(COC(=O)CNC(=O)c1ccccc1F)NC1CCCCCC1. The summed E-state index contributed by atoms with van der Waals surface area (Å²) in [6.45, 7) is -0.811. The van der Waals surface area contributed by atoms with Gasteiger partial charge in [-0.05, 0) is 25.0 Å². The Morgan fingerprint density at radius 1 is 1.08 bits per heavy atom. The molecule has 25 heavy (non-hydrogen) atoms. The van der Waals surface area contributed by atoms with Gasteiger partial charge in [-0.3, -0.25) is 14.4 Å². The minimum Gasteiger partial charge on any atom is -0.454 e. The van der Waals surface area contributed by atoms with Crippen LogP contribution in [0.4, 0.5) is 4.39 Å². The van der Waals surface area contributed by atoms with Crippen molar-refractivity contribution in [2.45, 2.75) is 44.6 Å². The van der Waals surface area contributed by atoms with E-state index in [1.54, 1.807) is 0 Å². The van der Waals surface area contributed by atoms with Gasteiger partial charge in [0.2, 0.25) is 0 Å². The fourth-order valence-electron chi connectivity index (χ4n) is 2.78. The second kappa shape index (κ2) is 9.76. The maximum absolute atomic E-state index is 13.4. The Labute approximate surface area is 146 Å². The number of hydrogen-bond donors (Lipinski definition) is 2. The quantitative estimate of drug-likeness (QED) is 0.607. The van der Waals surface area contributed by atoms with Gasteiger partial charge in [-0.1, -0.05) is 37.8 Å². The average Bonchev–Trinajstić information content (AvgIpc) is 2.87. The predicted octanol–water partition coefficient (Wildman–Crippen LogP) is 1.94. The van der Waals surface area contributed by atoms with Gasteiger partial charge in [0.05, 0.1) is 5.56 Å². The zero-order chi connectivity index (χ0) is 18.1. The average molecular weight is 350 g/mol. The van der Waals surface area contributed by atoms with Crippen molar-refractivity contribution < 1.29 is 23.5 Å². The Kier molecular flexibility index (Phi) is 7.37. The van der Waals surface area contributed by atoms with Crippen LogP contribution in [0.15, 0.2) is 24.3 Å². The summed E-state index contributed by atoms with van der Waals surface area (Å²) in [5.74, 6) is -2.48. The number of esters is 1. The summed E-state index contributed by atoms with van der Waals surface area (Å²) in [6, 6.07) is 5.59. The Bertz CT molecular complexity index is 613. The molecular formula is C18H23FN2O4. The Morgan fingerprint density at radius 3 is 2.44 bits per heavy atom. The first-order valence-corrected chi connectivity index (χ1v) is 8.54. The molecule has 1 aliphatic rings. The molecule has 6 nitrogen and oxygen atoms in total. The Hall–Kier alpha value is -2.44. The van der Waals surface area contributed by atoms with E-state index >= 15 is 0 Å². The van der Waals surface area contributed by atoms with E-state index < -0.39 is 24.2 Å². The molecule has 2 N–H and O–H groups in total. The molecule has 1 aromatic rings. The molecule has 0 heterocycles. The van der Waals surface area contributed by atoms with Crippen molar-refractivity contribution in [1.29, 1.82) is 0 Å². The fraction of sp³-hybridized carbons (Fsp3) is 0.500. The normalized spacial score (nSPS) is 15.1. The van der Waals surface area contributed by atoms with Gasteiger partial charge in [0.25, 0.3) is 11.8 Å². The number of amides is 2. The maximum atomic E-state index is 13.4. The molecule has 0 saturated heterocycles. The van der Waals surface area contributed by atoms with Crippen LogP contribution in [0.1, 0.15) is 48.9 Å². The Morgan fingerprint density at radius 2 is 1.76 bits per heavy atom. The van der Waals surface area contributed by atoms with Crippen molar-refractivity contribution in [3.63, 3.8) is 0 Å². The standard InChI is InChI=1S/C18H23FN2O4/c19-15-10-6-5-9-14(15)18(24)20-11-17(23)25-12-16(22)21-13-7-3-1-2-4-8-13/h5-6,9-10,13H,1-4,7-8,11-12H2,(H,20,24)(H,21,22). The summed E-state index contributed by atoms with van der Waals surface area (Å²) in [4.78, 5) is 35.2. The van der Waals surface area contributed by atoms with E-state index in [1.807, 2.05) is 0 Å². The van der Waals surface area contributed by atoms with Crippen LogP contribution in [0.2, 0.25) is 0 Å². The van der Waals surface area contributed by atoms with Crippen molar-refractivity contribution in [1.82, 2.24) is 10.6 Å². The zero-order valence-electron chi connectivity index (χ0n) is 14.1. The van der Waals surface area contributed by atoms with Gasteiger partial charge in [-0.2, -0.15) is 0 Å². The largest absolute Gasteiger partial charge is 0.454 e. The molecule has 1 saturated carbocycles. The summed E-state index contributed by atoms with van der Waals surface area (Å²) < 4.78 is 18.3. The second-order valence-electron chi connectivity index (χ2n) is 6.08. The van der Waals surface area contributed by atoms with Gasteiger partial charge >= 0.3 is 5.97 Å². The highest BCUT2D eigenvalue weighted by molar-refractivity contribution is 5.96. The number of halogens is 1. The molecule has 0 aliphatic heterocycles. The molecule has 0 atom stereocenters. The first kappa shape index (κ1) is 18.9. The lowest BCUT2D eigenvalue weighted by Crippen LogP contribution is -2.38. The molecule has 2 amide bonds. The minimum absolute atomic E-state index is 0.134. The molecule has 0 aromatic heterocycles. The summed E-state index contributed by atoms with van der Waals surface area (Å²) in [5, 5.41) is 5.13. The molecule has 0 radical (unpaired) electrons. The van der Waals surface area contributed by atoms with Crippen molar-refractivity contribution in [2.75, 3.05) is 13.2 Å². The minimum atomic E-state index is -0.749. The number of carbonyl (C=O) groups is 3. The smallest absolute Gasteiger partial charge is 0.325 e. The van der Waals surface area contributed by atoms with Crippen molar-refractivity contribution in [3.05, 3.63) is 35.6 Å². The monoisotopic (exact) mass is 350 g/mol. The molecule has 1 aliphatic carbocycles. The van der Waals surface area contributed by atoms with E-state index in [9.17, 15) is 18.8 Å². The molecule has 136 valence electrons. The number of ether oxygens (including phenoxy) is 1. The van der Waals surface area contributed by atoms with E-state index in [1.165, 1.54) is 31.0 Å². The summed E-state index contributed by atoms with van der Waals surface area (Å²) in [6.07, 6.45) is 6.43. The Balaban J connectivity index is 1.67. The first-order chi connectivity index (χ1) is 12.1. The molecule has 0 bridgehead atoms. The highest BCUT2D eigenvalue weighted by Gasteiger charge is 2.16. The van der Waals surface area contributed by atoms with Gasteiger partial charge in [-0.25, -0.2) is 4.39 Å². The van der Waals surface area contributed by atoms with Crippen LogP contribution in [0, 0.1) is 5.82 Å². The van der Waals surface area contributed by atoms with E-state index in [0.29, 0.717) is 0 Å². The van der Waals surface area contributed by atoms with Gasteiger partial charge < -0.3 is 15.4 Å². The molecule has 2 rings (SSSR count). The van der Waals surface area contributed by atoms with Gasteiger partial charge in [-0.15, -0.1) is 0 Å². The van der Waals surface area contributed by atoms with Crippen LogP contribution in [-0.2, 0) is 14.3 Å². The van der Waals surface area contributed by atoms with E-state index in [-0.39, 0.29) is 24.1 Å². The van der Waals surface area contributed by atoms with Crippen molar-refractivity contribution in [2.24, 2.45) is 0 Å². The highest BCUT2D eigenvalue weighted by atomic mass is 19.1. The lowest BCUT2D eigenvalue weighted by Gasteiger charge is -2.16. The lowest BCUT2D eigenvalue weighted by atomic mass is 10.1. The van der Waals surface area contributed by atoms with Crippen LogP contribution in [0.3, 0.4) is 0 Å². The number of hydrogen-bond acceptors (Lipinski definition) is 4. The first-order valence-electron chi connectivity index (χ1n) is 8.54. The van der Waals surface area contributed by atoms with Crippen LogP contribution in [-0.4, -0.2) is 37.0 Å². The van der Waals surface area contributed by atoms with Gasteiger partial charge in [0, 0.05) is 6.04 Å². The van der Waals surface area contributed by atoms with Crippen LogP contribution in [0.5, 0.6) is 0 Å². The number of nitrogens with one attached hydrogen (secondary N) is 2. The highest BCUT2D eigenvalue weighted by Crippen LogP contribution is 2.17. The lowest BCUT2D eigenvalue weighted by molar-refractivity contribution is -0.147. The maximum Gasteiger partial charge on any atom is 0.325 e. The van der Waals surface area contributed by atoms with Crippen molar-refractivity contribution in [3.8, 4) is 0 Å². The molecule has 7 heteroatoms. The van der Waals surface area contributed by atoms with E-state index in [0.717, 1.165) is 31.7 Å². The zero-order valence-corrected chi connectivity index (χ0v) is 14.1. The molecule has 0 spiro atoms. The van der Waals surface area contributed by atoms with Gasteiger partial charge in [0.1, 0.15) is 12.4 Å². The third kappa shape index (κ3) is 6.52. The second-order valence-corrected chi connectivity index (χ2v) is 6.08. The molecule has 1 aromatic carbocycles. The third-order valence-corrected chi connectivity index (χ3v) is 4.10. The summed E-state index contributed by atoms with van der Waals surface area (Å²) in [5.41, 5.74) is -0.151. The van der Waals surface area contributed by atoms with E-state index in [4.69, 9.17) is 4.74 Å². The summed E-state index contributed by atoms with van der Waals surface area (Å²) >= 11 is 0. The fourth-order valence-corrected chi connectivity index (χ4v) is 2.78. The summed E-state index contributed by atoms with van der Waals surface area (Å²) in [7, 11) is 0. The van der Waals surface area contributed by atoms with E-state index in [2.05, 4.69) is 10.6 Å². The van der Waals surface area contributed by atoms with Crippen LogP contribution < -0.4 is 10.6 Å². The van der Waals surface area contributed by atoms with Gasteiger partial charge in [0.15, 0.2) is 6.61 Å². The topological polar surface area (TPSA) is 84.5 Å². The third-order valence-electron chi connectivity index (χ3n) is 4.10. The number of benzene rings is 1. The van der Waals surface area contributed by atoms with Crippen LogP contribution in [0.25, 0.3) is 0 Å². The van der Waals surface area contributed by atoms with Crippen LogP contribution >= 0.6 is 0 Å². The molecule has 1 fully saturated rings. The van der Waals surface area contributed by atoms with Crippen molar-refractivity contribution >= 4 is 17.8 Å². The predicted molar refractivity (Wildman–Crippen MR) is 89.3 cm³/mol. The molecule has 0 unspecified atom stereocenters. The molecular weight excluding hydrogens is 327 g/mol.